The van der Waals surface area contributed by atoms with Crippen LogP contribution in [0.15, 0.2) is 74.8 Å². The van der Waals surface area contributed by atoms with Crippen LogP contribution in [-0.4, -0.2) is 27.6 Å². The molecule has 4 aromatic rings. The second-order valence-corrected chi connectivity index (χ2v) is 11.3. The number of carbonyl (C=O) groups excluding carboxylic acids is 2. The molecule has 0 aliphatic carbocycles. The van der Waals surface area contributed by atoms with E-state index < -0.39 is 10.9 Å². The normalized spacial score (nSPS) is 14.6. The fourth-order valence-corrected chi connectivity index (χ4v) is 5.91. The first-order valence-electron chi connectivity index (χ1n) is 11.1. The average molecular weight is 568 g/mol. The number of rotatable bonds is 6. The zero-order chi connectivity index (χ0) is 26.1. The quantitative estimate of drug-likeness (QED) is 0.111. The zero-order valence-electron chi connectivity index (χ0n) is 19.4. The maximum absolute atomic E-state index is 12.9. The summed E-state index contributed by atoms with van der Waals surface area (Å²) in [4.78, 5) is 38.9. The molecule has 1 aliphatic rings. The number of thioether (sulfide) groups is 1. The van der Waals surface area contributed by atoms with Gasteiger partial charge in [-0.15, -0.1) is 0 Å². The molecule has 1 saturated heterocycles. The van der Waals surface area contributed by atoms with Gasteiger partial charge >= 0.3 is 10.9 Å². The van der Waals surface area contributed by atoms with Crippen LogP contribution in [0.3, 0.4) is 0 Å². The Morgan fingerprint density at radius 1 is 1.11 bits per heavy atom. The van der Waals surface area contributed by atoms with E-state index in [1.165, 1.54) is 16.7 Å². The number of benzene rings is 3. The number of amides is 1. The Balaban J connectivity index is 1.30. The lowest BCUT2D eigenvalue weighted by molar-refractivity contribution is -0.134. The Morgan fingerprint density at radius 3 is 2.57 bits per heavy atom. The third-order valence-electron chi connectivity index (χ3n) is 5.58. The van der Waals surface area contributed by atoms with E-state index in [1.807, 2.05) is 43.3 Å². The summed E-state index contributed by atoms with van der Waals surface area (Å²) >= 11 is 13.4. The van der Waals surface area contributed by atoms with Crippen LogP contribution >= 0.6 is 46.9 Å². The Morgan fingerprint density at radius 2 is 1.84 bits per heavy atom. The van der Waals surface area contributed by atoms with E-state index in [0.717, 1.165) is 28.0 Å². The number of halogens is 1. The zero-order valence-corrected chi connectivity index (χ0v) is 22.6. The number of thiocarbonyl (C=S) groups is 1. The van der Waals surface area contributed by atoms with Crippen LogP contribution in [0.1, 0.15) is 17.5 Å². The van der Waals surface area contributed by atoms with Crippen molar-refractivity contribution in [2.75, 3.05) is 6.54 Å². The highest BCUT2D eigenvalue weighted by Gasteiger charge is 2.32. The van der Waals surface area contributed by atoms with E-state index in [1.54, 1.807) is 30.3 Å². The molecule has 0 saturated carbocycles. The Kier molecular flexibility index (Phi) is 7.30. The summed E-state index contributed by atoms with van der Waals surface area (Å²) in [5.41, 5.74) is 3.85. The van der Waals surface area contributed by atoms with Crippen molar-refractivity contribution in [3.63, 3.8) is 0 Å². The van der Waals surface area contributed by atoms with E-state index in [4.69, 9.17) is 33.0 Å². The van der Waals surface area contributed by atoms with Crippen molar-refractivity contribution in [2.45, 2.75) is 13.3 Å². The summed E-state index contributed by atoms with van der Waals surface area (Å²) in [6.07, 6.45) is 1.69. The maximum atomic E-state index is 12.9. The van der Waals surface area contributed by atoms with Crippen molar-refractivity contribution < 1.29 is 18.7 Å². The number of esters is 1. The molecule has 0 spiro atoms. The maximum Gasteiger partial charge on any atom is 0.396 e. The van der Waals surface area contributed by atoms with Crippen molar-refractivity contribution in [2.24, 2.45) is 0 Å². The topological polar surface area (TPSA) is 76.8 Å². The minimum Gasteiger partial charge on any atom is -0.426 e. The molecule has 5 rings (SSSR count). The van der Waals surface area contributed by atoms with Crippen LogP contribution in [0.2, 0.25) is 5.02 Å². The number of hydrogen-bond donors (Lipinski definition) is 0. The first kappa shape index (κ1) is 25.4. The van der Waals surface area contributed by atoms with E-state index in [-0.39, 0.29) is 24.6 Å². The van der Waals surface area contributed by atoms with Crippen LogP contribution in [0.5, 0.6) is 5.75 Å². The molecule has 3 aromatic carbocycles. The molecule has 0 bridgehead atoms. The van der Waals surface area contributed by atoms with Gasteiger partial charge in [0.2, 0.25) is 0 Å². The first-order chi connectivity index (χ1) is 17.8. The minimum atomic E-state index is -0.527. The van der Waals surface area contributed by atoms with E-state index in [0.29, 0.717) is 30.1 Å². The number of hydrogen-bond acceptors (Lipinski definition) is 8. The predicted molar refractivity (Wildman–Crippen MR) is 152 cm³/mol. The lowest BCUT2D eigenvalue weighted by Crippen LogP contribution is -2.31. The Hall–Kier alpha value is -3.24. The average Bonchev–Trinajstić information content (AvgIpc) is 3.37. The largest absolute Gasteiger partial charge is 0.426 e. The SMILES string of the molecule is Cc1ccc(-c2cc(OC(=O)CCN3C(=O)C(=Cc4ccc(Cl)cc4)SC3=S)cc3sc(=O)oc23)cc1. The van der Waals surface area contributed by atoms with Gasteiger partial charge in [-0.25, -0.2) is 4.79 Å². The third-order valence-corrected chi connectivity index (χ3v) is 7.99. The summed E-state index contributed by atoms with van der Waals surface area (Å²) in [5, 5.41) is 0.607. The van der Waals surface area contributed by atoms with Crippen LogP contribution in [0.4, 0.5) is 0 Å². The highest BCUT2D eigenvalue weighted by atomic mass is 35.5. The van der Waals surface area contributed by atoms with Crippen molar-refractivity contribution in [3.05, 3.63) is 91.5 Å². The van der Waals surface area contributed by atoms with Gasteiger partial charge < -0.3 is 9.15 Å². The number of nitrogens with zero attached hydrogens (tertiary/aromatic N) is 1. The highest BCUT2D eigenvalue weighted by molar-refractivity contribution is 8.26. The van der Waals surface area contributed by atoms with Gasteiger partial charge in [0.15, 0.2) is 5.58 Å². The number of fused-ring (bicyclic) bond motifs is 1. The summed E-state index contributed by atoms with van der Waals surface area (Å²) < 4.78 is 11.9. The van der Waals surface area contributed by atoms with Gasteiger partial charge in [-0.05, 0) is 42.3 Å². The van der Waals surface area contributed by atoms with Crippen LogP contribution in [-0.2, 0) is 9.59 Å². The van der Waals surface area contributed by atoms with Gasteiger partial charge in [0, 0.05) is 23.2 Å². The molecule has 1 amide bonds. The van der Waals surface area contributed by atoms with Gasteiger partial charge in [0.1, 0.15) is 10.1 Å². The van der Waals surface area contributed by atoms with Crippen LogP contribution in [0.25, 0.3) is 27.5 Å². The number of carbonyl (C=O) groups is 2. The smallest absolute Gasteiger partial charge is 0.396 e. The molecule has 37 heavy (non-hydrogen) atoms. The van der Waals surface area contributed by atoms with Gasteiger partial charge in [-0.2, -0.15) is 0 Å². The molecular weight excluding hydrogens is 550 g/mol. The molecule has 2 heterocycles. The van der Waals surface area contributed by atoms with Gasteiger partial charge in [-0.1, -0.05) is 88.9 Å². The molecule has 186 valence electrons. The van der Waals surface area contributed by atoms with Gasteiger partial charge in [0.05, 0.1) is 16.0 Å². The molecule has 0 unspecified atom stereocenters. The van der Waals surface area contributed by atoms with E-state index in [9.17, 15) is 14.4 Å². The third kappa shape index (κ3) is 5.70. The predicted octanol–water partition coefficient (Wildman–Crippen LogP) is 6.68. The van der Waals surface area contributed by atoms with Crippen molar-refractivity contribution in [3.8, 4) is 16.9 Å². The van der Waals surface area contributed by atoms with E-state index >= 15 is 0 Å². The first-order valence-corrected chi connectivity index (χ1v) is 13.5. The highest BCUT2D eigenvalue weighted by Crippen LogP contribution is 2.35. The number of ether oxygens (including phenoxy) is 1. The van der Waals surface area contributed by atoms with Crippen LogP contribution < -0.4 is 9.68 Å². The van der Waals surface area contributed by atoms with Crippen LogP contribution in [0, 0.1) is 6.92 Å². The lowest BCUT2D eigenvalue weighted by atomic mass is 10.0. The molecule has 1 aliphatic heterocycles. The van der Waals surface area contributed by atoms with Crippen molar-refractivity contribution in [1.29, 1.82) is 0 Å². The van der Waals surface area contributed by atoms with E-state index in [2.05, 4.69) is 0 Å². The molecular formula is C27H18ClNO5S3. The van der Waals surface area contributed by atoms with Crippen molar-refractivity contribution in [1.82, 2.24) is 4.90 Å². The fourth-order valence-electron chi connectivity index (χ4n) is 3.75. The monoisotopic (exact) mass is 567 g/mol. The molecule has 6 nitrogen and oxygen atoms in total. The summed E-state index contributed by atoms with van der Waals surface area (Å²) in [7, 11) is 0. The molecule has 0 radical (unpaired) electrons. The van der Waals surface area contributed by atoms with Gasteiger partial charge in [0.25, 0.3) is 5.91 Å². The molecule has 0 atom stereocenters. The fraction of sp³-hybridized carbons (Fsp3) is 0.111. The summed E-state index contributed by atoms with van der Waals surface area (Å²) in [5.74, 6) is -0.497. The molecule has 1 fully saturated rings. The minimum absolute atomic E-state index is 0.0554. The standard InChI is InChI=1S/C27H18ClNO5S3/c1-15-2-6-17(7-3-15)20-13-19(14-21-24(20)34-27(32)37-21)33-23(30)10-11-29-25(31)22(36-26(29)35)12-16-4-8-18(28)9-5-16/h2-9,12-14H,10-11H2,1H3. The summed E-state index contributed by atoms with van der Waals surface area (Å²) in [6.45, 7) is 2.07. The molecule has 0 N–H and O–H groups in total. The second kappa shape index (κ2) is 10.6. The van der Waals surface area contributed by atoms with Crippen molar-refractivity contribution >= 4 is 79.5 Å². The molecule has 1 aromatic heterocycles. The summed E-state index contributed by atoms with van der Waals surface area (Å²) in [6, 6.07) is 18.1. The lowest BCUT2D eigenvalue weighted by Gasteiger charge is -2.14. The second-order valence-electron chi connectivity index (χ2n) is 8.23. The Labute approximate surface area is 230 Å². The molecule has 10 heteroatoms. The Bertz CT molecular complexity index is 1620. The van der Waals surface area contributed by atoms with Gasteiger partial charge in [-0.3, -0.25) is 14.5 Å². The number of aryl methyl sites for hydroxylation is 1.